The van der Waals surface area contributed by atoms with Gasteiger partial charge in [-0.15, -0.1) is 0 Å². The third-order valence-corrected chi connectivity index (χ3v) is 7.08. The molecule has 204 valence electrons. The number of sulfone groups is 1. The summed E-state index contributed by atoms with van der Waals surface area (Å²) in [4.78, 5) is 12.4. The van der Waals surface area contributed by atoms with Crippen LogP contribution in [0.25, 0.3) is 0 Å². The summed E-state index contributed by atoms with van der Waals surface area (Å²) >= 11 is 0. The highest BCUT2D eigenvalue weighted by Crippen LogP contribution is 2.29. The van der Waals surface area contributed by atoms with Crippen molar-refractivity contribution in [1.82, 2.24) is 5.16 Å². The molecule has 0 aliphatic heterocycles. The van der Waals surface area contributed by atoms with E-state index in [1.54, 1.807) is 18.2 Å². The first-order valence-corrected chi connectivity index (χ1v) is 13.0. The fraction of sp³-hybridized carbons (Fsp3) is 0.192. The highest BCUT2D eigenvalue weighted by atomic mass is 32.2. The zero-order valence-corrected chi connectivity index (χ0v) is 21.4. The van der Waals surface area contributed by atoms with E-state index < -0.39 is 32.3 Å². The summed E-state index contributed by atoms with van der Waals surface area (Å²) in [5.41, 5.74) is 0.154. The van der Waals surface area contributed by atoms with E-state index >= 15 is 0 Å². The Hall–Kier alpha value is -4.49. The van der Waals surface area contributed by atoms with Crippen LogP contribution in [0.3, 0.4) is 0 Å². The monoisotopic (exact) mass is 558 g/mol. The van der Waals surface area contributed by atoms with Gasteiger partial charge in [-0.05, 0) is 47.4 Å². The number of benzene rings is 3. The van der Waals surface area contributed by atoms with Crippen LogP contribution < -0.4 is 19.1 Å². The van der Waals surface area contributed by atoms with Gasteiger partial charge in [-0.25, -0.2) is 12.8 Å². The van der Waals surface area contributed by atoms with E-state index in [-0.39, 0.29) is 53.1 Å². The number of ether oxygens (including phenoxy) is 4. The van der Waals surface area contributed by atoms with Crippen LogP contribution in [0.2, 0.25) is 0 Å². The number of carbonyl (C=O) groups excluding carboxylic acids is 1. The average molecular weight is 559 g/mol. The summed E-state index contributed by atoms with van der Waals surface area (Å²) in [6, 6.07) is 17.5. The van der Waals surface area contributed by atoms with Crippen molar-refractivity contribution in [1.29, 1.82) is 0 Å². The molecule has 0 fully saturated rings. The second kappa shape index (κ2) is 12.4. The molecule has 39 heavy (non-hydrogen) atoms. The van der Waals surface area contributed by atoms with Gasteiger partial charge in [0, 0.05) is 5.56 Å². The highest BCUT2D eigenvalue weighted by molar-refractivity contribution is 7.91. The van der Waals surface area contributed by atoms with Crippen LogP contribution in [0.4, 0.5) is 4.39 Å². The molecule has 0 saturated carbocycles. The second-order valence-electron chi connectivity index (χ2n) is 7.84. The summed E-state index contributed by atoms with van der Waals surface area (Å²) in [5, 5.41) is 14.5. The summed E-state index contributed by atoms with van der Waals surface area (Å²) < 4.78 is 65.6. The molecule has 0 N–H and O–H groups in total. The van der Waals surface area contributed by atoms with Gasteiger partial charge in [-0.1, -0.05) is 30.3 Å². The molecule has 0 aliphatic rings. The van der Waals surface area contributed by atoms with Crippen LogP contribution in [0, 0.1) is 11.0 Å². The van der Waals surface area contributed by atoms with Crippen molar-refractivity contribution in [3.63, 3.8) is 0 Å². The molecule has 0 unspecified atom stereocenters. The molecule has 0 amide bonds. The van der Waals surface area contributed by atoms with Crippen LogP contribution in [0.15, 0.2) is 87.3 Å². The third-order valence-electron chi connectivity index (χ3n) is 5.35. The molecule has 3 aromatic carbocycles. The Morgan fingerprint density at radius 3 is 2.36 bits per heavy atom. The number of halogens is 1. The maximum atomic E-state index is 14.0. The molecule has 0 bridgehead atoms. The van der Waals surface area contributed by atoms with Crippen molar-refractivity contribution < 1.29 is 46.1 Å². The molecule has 1 aromatic heterocycles. The molecule has 0 aliphatic carbocycles. The van der Waals surface area contributed by atoms with Gasteiger partial charge in [0.25, 0.3) is 9.84 Å². The predicted molar refractivity (Wildman–Crippen MR) is 132 cm³/mol. The van der Waals surface area contributed by atoms with Gasteiger partial charge < -0.3 is 24.2 Å². The third kappa shape index (κ3) is 6.33. The zero-order valence-electron chi connectivity index (χ0n) is 20.6. The largest absolute Gasteiger partial charge is 0.493 e. The van der Waals surface area contributed by atoms with Crippen molar-refractivity contribution in [2.45, 2.75) is 9.92 Å². The Kier molecular flexibility index (Phi) is 8.74. The summed E-state index contributed by atoms with van der Waals surface area (Å²) in [7, 11) is -2.78. The van der Waals surface area contributed by atoms with E-state index in [1.807, 2.05) is 0 Å². The van der Waals surface area contributed by atoms with E-state index in [4.69, 9.17) is 18.9 Å². The fourth-order valence-corrected chi connectivity index (χ4v) is 4.78. The topological polar surface area (TPSA) is 141 Å². The lowest BCUT2D eigenvalue weighted by Gasteiger charge is -2.12. The Bertz CT molecular complexity index is 1540. The molecule has 11 nitrogen and oxygen atoms in total. The first-order chi connectivity index (χ1) is 18.8. The number of aromatic nitrogens is 2. The van der Waals surface area contributed by atoms with Crippen LogP contribution in [0.5, 0.6) is 17.4 Å². The van der Waals surface area contributed by atoms with Crippen molar-refractivity contribution in [2.75, 3.05) is 33.5 Å². The zero-order chi connectivity index (χ0) is 27.8. The Morgan fingerprint density at radius 1 is 0.949 bits per heavy atom. The van der Waals surface area contributed by atoms with Gasteiger partial charge in [0.15, 0.2) is 17.3 Å². The summed E-state index contributed by atoms with van der Waals surface area (Å²) in [6.07, 6.45) is 0. The van der Waals surface area contributed by atoms with E-state index in [9.17, 15) is 22.8 Å². The molecular weight excluding hydrogens is 535 g/mol. The normalized spacial score (nSPS) is 11.2. The minimum Gasteiger partial charge on any atom is -0.493 e. The highest BCUT2D eigenvalue weighted by Gasteiger charge is 2.35. The van der Waals surface area contributed by atoms with E-state index in [1.165, 1.54) is 61.7 Å². The summed E-state index contributed by atoms with van der Waals surface area (Å²) in [6.45, 7) is 0.0159. The van der Waals surface area contributed by atoms with Crippen LogP contribution in [-0.2, 0) is 14.6 Å². The number of rotatable bonds is 13. The minimum atomic E-state index is -4.22. The van der Waals surface area contributed by atoms with E-state index in [2.05, 4.69) is 9.79 Å². The molecule has 0 atom stereocenters. The smallest absolute Gasteiger partial charge is 0.415 e. The molecule has 0 radical (unpaired) electrons. The molecule has 0 spiro atoms. The average Bonchev–Trinajstić information content (AvgIpc) is 3.33. The lowest BCUT2D eigenvalue weighted by Crippen LogP contribution is -2.31. The van der Waals surface area contributed by atoms with Crippen molar-refractivity contribution in [2.24, 2.45) is 0 Å². The molecule has 13 heteroatoms. The van der Waals surface area contributed by atoms with E-state index in [0.717, 1.165) is 0 Å². The molecule has 4 aromatic rings. The standard InChI is InChI=1S/C26H23FN2O9S/c1-34-22-12-11-18(24(30)20-9-5-6-10-21(20)27)17-23(22)36-15-13-35-14-16-37-25-26(29(31)38-28-25)39(32,33)19-7-3-2-4-8-19/h2-12,17H,13-16H2,1H3. The van der Waals surface area contributed by atoms with Gasteiger partial charge in [-0.3, -0.25) is 9.42 Å². The first-order valence-electron chi connectivity index (χ1n) is 11.5. The van der Waals surface area contributed by atoms with E-state index in [0.29, 0.717) is 5.75 Å². The number of ketones is 1. The number of hydrogen-bond donors (Lipinski definition) is 0. The minimum absolute atomic E-state index is 0.00282. The quantitative estimate of drug-likeness (QED) is 0.137. The fourth-order valence-electron chi connectivity index (χ4n) is 3.48. The van der Waals surface area contributed by atoms with Crippen molar-refractivity contribution in [3.05, 3.63) is 94.9 Å². The SMILES string of the molecule is COc1ccc(C(=O)c2ccccc2F)cc1OCCOCCOc1no[n+]([O-])c1S(=O)(=O)c1ccccc1. The van der Waals surface area contributed by atoms with Gasteiger partial charge in [0.1, 0.15) is 19.0 Å². The molecule has 1 heterocycles. The first kappa shape index (κ1) is 27.5. The van der Waals surface area contributed by atoms with Crippen LogP contribution in [-0.4, -0.2) is 52.9 Å². The predicted octanol–water partition coefficient (Wildman–Crippen LogP) is 2.99. The molecule has 4 rings (SSSR count). The van der Waals surface area contributed by atoms with Crippen LogP contribution in [0.1, 0.15) is 15.9 Å². The maximum Gasteiger partial charge on any atom is 0.415 e. The number of methoxy groups -OCH3 is 1. The van der Waals surface area contributed by atoms with Crippen molar-refractivity contribution in [3.8, 4) is 17.4 Å². The van der Waals surface area contributed by atoms with Crippen LogP contribution >= 0.6 is 0 Å². The number of hydrogen-bond acceptors (Lipinski definition) is 10. The lowest BCUT2D eigenvalue weighted by atomic mass is 10.0. The summed E-state index contributed by atoms with van der Waals surface area (Å²) in [5.74, 6) is -0.994. The molecular formula is C26H23FN2O9S. The van der Waals surface area contributed by atoms with Crippen molar-refractivity contribution >= 4 is 15.6 Å². The number of nitrogens with zero attached hydrogens (tertiary/aromatic N) is 2. The maximum absolute atomic E-state index is 14.0. The Labute approximate surface area is 222 Å². The second-order valence-corrected chi connectivity index (χ2v) is 9.71. The van der Waals surface area contributed by atoms with Gasteiger partial charge >= 0.3 is 10.9 Å². The van der Waals surface area contributed by atoms with Gasteiger partial charge in [0.05, 0.1) is 35.9 Å². The Balaban J connectivity index is 1.29. The molecule has 0 saturated heterocycles. The van der Waals surface area contributed by atoms with Gasteiger partial charge in [-0.2, -0.15) is 0 Å². The van der Waals surface area contributed by atoms with Gasteiger partial charge in [0.2, 0.25) is 0 Å². The number of carbonyl (C=O) groups is 1. The Morgan fingerprint density at radius 2 is 1.64 bits per heavy atom. The lowest BCUT2D eigenvalue weighted by molar-refractivity contribution is -0.832.